The molecule has 8 heteroatoms. The van der Waals surface area contributed by atoms with E-state index in [4.69, 9.17) is 16.3 Å². The highest BCUT2D eigenvalue weighted by Crippen LogP contribution is 2.36. The summed E-state index contributed by atoms with van der Waals surface area (Å²) in [7, 11) is 0. The van der Waals surface area contributed by atoms with E-state index in [0.717, 1.165) is 11.1 Å². The average Bonchev–Trinajstić information content (AvgIpc) is 3.10. The van der Waals surface area contributed by atoms with Gasteiger partial charge in [-0.1, -0.05) is 41.4 Å². The Bertz CT molecular complexity index is 1110. The second kappa shape index (κ2) is 7.25. The molecular formula is C21H19ClN4O3. The van der Waals surface area contributed by atoms with Crippen LogP contribution in [0.15, 0.2) is 54.9 Å². The lowest BCUT2D eigenvalue weighted by Crippen LogP contribution is -2.56. The van der Waals surface area contributed by atoms with Crippen molar-refractivity contribution >= 4 is 34.8 Å². The average molecular weight is 411 g/mol. The Hall–Kier alpha value is -3.32. The van der Waals surface area contributed by atoms with E-state index in [9.17, 15) is 9.59 Å². The molecule has 29 heavy (non-hydrogen) atoms. The van der Waals surface area contributed by atoms with Gasteiger partial charge in [0.05, 0.1) is 24.1 Å². The summed E-state index contributed by atoms with van der Waals surface area (Å²) in [5, 5.41) is 10.1. The number of nitrogens with one attached hydrogen (secondary N) is 2. The van der Waals surface area contributed by atoms with Gasteiger partial charge in [-0.15, -0.1) is 0 Å². The van der Waals surface area contributed by atoms with Gasteiger partial charge in [0.2, 0.25) is 0 Å². The highest BCUT2D eigenvalue weighted by Gasteiger charge is 2.47. The van der Waals surface area contributed by atoms with Crippen LogP contribution in [0.3, 0.4) is 0 Å². The van der Waals surface area contributed by atoms with Crippen LogP contribution in [0.2, 0.25) is 5.02 Å². The summed E-state index contributed by atoms with van der Waals surface area (Å²) in [5.74, 6) is -0.788. The number of hydrogen-bond donors (Lipinski definition) is 2. The Morgan fingerprint density at radius 3 is 2.93 bits per heavy atom. The van der Waals surface area contributed by atoms with Gasteiger partial charge in [-0.05, 0) is 37.6 Å². The third-order valence-corrected chi connectivity index (χ3v) is 4.92. The van der Waals surface area contributed by atoms with E-state index in [1.54, 1.807) is 29.1 Å². The number of nitrogens with zero attached hydrogens (tertiary/aromatic N) is 2. The lowest BCUT2D eigenvalue weighted by molar-refractivity contribution is -0.143. The molecule has 7 nitrogen and oxygen atoms in total. The molecule has 4 rings (SSSR count). The summed E-state index contributed by atoms with van der Waals surface area (Å²) < 4.78 is 7.44. The first-order chi connectivity index (χ1) is 13.8. The van der Waals surface area contributed by atoms with Crippen LogP contribution in [0.25, 0.3) is 0 Å². The zero-order valence-corrected chi connectivity index (χ0v) is 16.7. The molecular weight excluding hydrogens is 392 g/mol. The molecule has 148 valence electrons. The van der Waals surface area contributed by atoms with Crippen molar-refractivity contribution in [1.29, 1.82) is 0 Å². The Balaban J connectivity index is 1.48. The molecule has 1 aliphatic rings. The molecule has 1 aliphatic heterocycles. The van der Waals surface area contributed by atoms with Gasteiger partial charge in [0, 0.05) is 11.2 Å². The molecule has 1 unspecified atom stereocenters. The minimum Gasteiger partial charge on any atom is -0.466 e. The first kappa shape index (κ1) is 19.0. The second-order valence-corrected chi connectivity index (χ2v) is 7.54. The van der Waals surface area contributed by atoms with Crippen LogP contribution in [-0.2, 0) is 16.1 Å². The first-order valence-corrected chi connectivity index (χ1v) is 9.41. The number of halogens is 1. The maximum Gasteiger partial charge on any atom is 0.278 e. The fourth-order valence-corrected chi connectivity index (χ4v) is 3.28. The third-order valence-electron chi connectivity index (χ3n) is 4.69. The molecule has 3 aromatic rings. The number of amides is 2. The van der Waals surface area contributed by atoms with Crippen LogP contribution in [0.5, 0.6) is 5.75 Å². The molecule has 1 aromatic heterocycles. The number of benzene rings is 2. The molecule has 0 fully saturated rings. The predicted molar refractivity (Wildman–Crippen MR) is 110 cm³/mol. The van der Waals surface area contributed by atoms with Crippen molar-refractivity contribution in [2.45, 2.75) is 26.0 Å². The molecule has 0 saturated heterocycles. The number of aromatic nitrogens is 2. The first-order valence-electron chi connectivity index (χ1n) is 9.03. The number of carbonyl (C=O) groups is 2. The van der Waals surface area contributed by atoms with E-state index < -0.39 is 17.4 Å². The number of ether oxygens (including phenoxy) is 1. The second-order valence-electron chi connectivity index (χ2n) is 7.10. The summed E-state index contributed by atoms with van der Waals surface area (Å²) in [6.45, 7) is 4.02. The molecule has 2 amide bonds. The van der Waals surface area contributed by atoms with Gasteiger partial charge < -0.3 is 15.4 Å². The van der Waals surface area contributed by atoms with Crippen LogP contribution in [-0.4, -0.2) is 27.2 Å². The molecule has 2 N–H and O–H groups in total. The minimum atomic E-state index is -1.72. The van der Waals surface area contributed by atoms with Crippen molar-refractivity contribution in [1.82, 2.24) is 9.78 Å². The van der Waals surface area contributed by atoms with E-state index in [-0.39, 0.29) is 0 Å². The predicted octanol–water partition coefficient (Wildman–Crippen LogP) is 3.62. The van der Waals surface area contributed by atoms with Crippen LogP contribution in [0.4, 0.5) is 11.4 Å². The standard InChI is InChI=1S/C21H19ClN4O3/c1-13-4-3-5-14(8-13)11-26-12-16(10-23-26)24-19(27)21(2)20(28)25-17-9-15(22)6-7-18(17)29-21/h3-10,12H,11H2,1-2H3,(H,24,27)(H,25,28). The zero-order chi connectivity index (χ0) is 20.6. The molecule has 0 saturated carbocycles. The van der Waals surface area contributed by atoms with Crippen molar-refractivity contribution in [3.05, 3.63) is 71.0 Å². The fraction of sp³-hybridized carbons (Fsp3) is 0.190. The number of aryl methyl sites for hydroxylation is 1. The van der Waals surface area contributed by atoms with Crippen molar-refractivity contribution in [3.63, 3.8) is 0 Å². The number of rotatable bonds is 4. The van der Waals surface area contributed by atoms with E-state index in [1.807, 2.05) is 25.1 Å². The van der Waals surface area contributed by atoms with Crippen LogP contribution >= 0.6 is 11.6 Å². The van der Waals surface area contributed by atoms with Crippen LogP contribution in [0, 0.1) is 6.92 Å². The number of carbonyl (C=O) groups excluding carboxylic acids is 2. The highest BCUT2D eigenvalue weighted by atomic mass is 35.5. The summed E-state index contributed by atoms with van der Waals surface area (Å²) in [6.07, 6.45) is 3.24. The highest BCUT2D eigenvalue weighted by molar-refractivity contribution is 6.31. The topological polar surface area (TPSA) is 85.3 Å². The van der Waals surface area contributed by atoms with Gasteiger partial charge in [-0.2, -0.15) is 5.10 Å². The quantitative estimate of drug-likeness (QED) is 0.643. The summed E-state index contributed by atoms with van der Waals surface area (Å²) >= 11 is 5.94. The maximum absolute atomic E-state index is 12.8. The van der Waals surface area contributed by atoms with Gasteiger partial charge in [0.1, 0.15) is 5.75 Å². The van der Waals surface area contributed by atoms with E-state index in [2.05, 4.69) is 21.8 Å². The fourth-order valence-electron chi connectivity index (χ4n) is 3.11. The van der Waals surface area contributed by atoms with Crippen LogP contribution in [0.1, 0.15) is 18.1 Å². The Morgan fingerprint density at radius 2 is 2.14 bits per heavy atom. The Kier molecular flexibility index (Phi) is 4.76. The summed E-state index contributed by atoms with van der Waals surface area (Å²) in [6, 6.07) is 12.9. The number of hydrogen-bond acceptors (Lipinski definition) is 4. The lowest BCUT2D eigenvalue weighted by atomic mass is 10.0. The largest absolute Gasteiger partial charge is 0.466 e. The summed E-state index contributed by atoms with van der Waals surface area (Å²) in [4.78, 5) is 25.4. The van der Waals surface area contributed by atoms with E-state index in [1.165, 1.54) is 13.1 Å². The van der Waals surface area contributed by atoms with Crippen molar-refractivity contribution in [2.75, 3.05) is 10.6 Å². The normalized spacial score (nSPS) is 17.8. The maximum atomic E-state index is 12.8. The molecule has 2 heterocycles. The minimum absolute atomic E-state index is 0.377. The van der Waals surface area contributed by atoms with E-state index in [0.29, 0.717) is 28.7 Å². The Labute approximate surface area is 172 Å². The zero-order valence-electron chi connectivity index (χ0n) is 15.9. The monoisotopic (exact) mass is 410 g/mol. The lowest BCUT2D eigenvalue weighted by Gasteiger charge is -2.33. The Morgan fingerprint density at radius 1 is 1.31 bits per heavy atom. The van der Waals surface area contributed by atoms with Crippen LogP contribution < -0.4 is 15.4 Å². The van der Waals surface area contributed by atoms with Crippen molar-refractivity contribution < 1.29 is 14.3 Å². The van der Waals surface area contributed by atoms with Crippen molar-refractivity contribution in [3.8, 4) is 5.75 Å². The molecule has 0 bridgehead atoms. The van der Waals surface area contributed by atoms with Gasteiger partial charge in [-0.25, -0.2) is 0 Å². The molecule has 0 spiro atoms. The summed E-state index contributed by atoms with van der Waals surface area (Å²) in [5.41, 5.74) is 1.45. The number of anilines is 2. The third kappa shape index (κ3) is 3.82. The number of fused-ring (bicyclic) bond motifs is 1. The SMILES string of the molecule is Cc1cccc(Cn2cc(NC(=O)C3(C)Oc4ccc(Cl)cc4NC3=O)cn2)c1. The smallest absolute Gasteiger partial charge is 0.278 e. The van der Waals surface area contributed by atoms with Gasteiger partial charge >= 0.3 is 0 Å². The van der Waals surface area contributed by atoms with Gasteiger partial charge in [-0.3, -0.25) is 14.3 Å². The van der Waals surface area contributed by atoms with Crippen molar-refractivity contribution in [2.24, 2.45) is 0 Å². The molecule has 0 aliphatic carbocycles. The molecule has 1 atom stereocenters. The van der Waals surface area contributed by atoms with E-state index >= 15 is 0 Å². The molecule has 2 aromatic carbocycles. The molecule has 0 radical (unpaired) electrons. The van der Waals surface area contributed by atoms with Gasteiger partial charge in [0.25, 0.3) is 17.4 Å². The van der Waals surface area contributed by atoms with Gasteiger partial charge in [0.15, 0.2) is 0 Å².